The summed E-state index contributed by atoms with van der Waals surface area (Å²) in [7, 11) is 0. The summed E-state index contributed by atoms with van der Waals surface area (Å²) in [5.41, 5.74) is 0.674. The summed E-state index contributed by atoms with van der Waals surface area (Å²) < 4.78 is 0. The Labute approximate surface area is 148 Å². The summed E-state index contributed by atoms with van der Waals surface area (Å²) in [6.45, 7) is 2.12. The highest BCUT2D eigenvalue weighted by molar-refractivity contribution is 5.99. The van der Waals surface area contributed by atoms with E-state index in [-0.39, 0.29) is 24.4 Å². The highest BCUT2D eigenvalue weighted by Crippen LogP contribution is 2.12. The fraction of sp³-hybridized carbons (Fsp3) is 0.526. The van der Waals surface area contributed by atoms with Crippen LogP contribution in [0, 0.1) is 0 Å². The Balaban J connectivity index is 2.41. The second-order valence-corrected chi connectivity index (χ2v) is 6.21. The lowest BCUT2D eigenvalue weighted by Crippen LogP contribution is -2.42. The minimum absolute atomic E-state index is 0.0872. The molecule has 6 nitrogen and oxygen atoms in total. The molecule has 0 saturated heterocycles. The number of hydrogen-bond donors (Lipinski definition) is 3. The molecule has 0 unspecified atom stereocenters. The first-order valence-electron chi connectivity index (χ1n) is 8.74. The molecule has 6 heteroatoms. The van der Waals surface area contributed by atoms with Gasteiger partial charge in [0, 0.05) is 12.8 Å². The van der Waals surface area contributed by atoms with Gasteiger partial charge < -0.3 is 15.5 Å². The summed E-state index contributed by atoms with van der Waals surface area (Å²) in [5.74, 6) is -1.80. The van der Waals surface area contributed by atoms with Crippen LogP contribution in [0.5, 0.6) is 5.75 Å². The van der Waals surface area contributed by atoms with Crippen LogP contribution in [0.25, 0.3) is 0 Å². The number of phenols is 1. The molecule has 1 aromatic rings. The average Bonchev–Trinajstić information content (AvgIpc) is 2.55. The molecule has 25 heavy (non-hydrogen) atoms. The van der Waals surface area contributed by atoms with Gasteiger partial charge in [0.25, 0.3) is 0 Å². The number of ketones is 1. The zero-order valence-electron chi connectivity index (χ0n) is 14.7. The van der Waals surface area contributed by atoms with Crippen molar-refractivity contribution in [3.8, 4) is 5.75 Å². The molecule has 1 amide bonds. The van der Waals surface area contributed by atoms with Gasteiger partial charge in [-0.15, -0.1) is 0 Å². The molecule has 0 fully saturated rings. The molecule has 138 valence electrons. The van der Waals surface area contributed by atoms with E-state index in [0.29, 0.717) is 12.0 Å². The Morgan fingerprint density at radius 1 is 1.04 bits per heavy atom. The number of aromatic hydroxyl groups is 1. The summed E-state index contributed by atoms with van der Waals surface area (Å²) in [5, 5.41) is 20.9. The van der Waals surface area contributed by atoms with E-state index in [2.05, 4.69) is 12.2 Å². The van der Waals surface area contributed by atoms with E-state index >= 15 is 0 Å². The SMILES string of the molecule is CCCCCCCC(=O)CC(=O)N[C@@H](Cc1ccc(O)cc1)C(=O)O. The largest absolute Gasteiger partial charge is 0.508 e. The average molecular weight is 349 g/mol. The van der Waals surface area contributed by atoms with Crippen LogP contribution in [-0.4, -0.2) is 33.9 Å². The zero-order valence-corrected chi connectivity index (χ0v) is 14.7. The van der Waals surface area contributed by atoms with Gasteiger partial charge in [-0.05, 0) is 24.1 Å². The highest BCUT2D eigenvalue weighted by atomic mass is 16.4. The number of carboxylic acid groups (broad SMARTS) is 1. The molecule has 1 rings (SSSR count). The molecule has 0 bridgehead atoms. The minimum atomic E-state index is -1.16. The van der Waals surface area contributed by atoms with Gasteiger partial charge in [0.2, 0.25) is 5.91 Å². The maximum atomic E-state index is 11.9. The first-order valence-corrected chi connectivity index (χ1v) is 8.74. The normalized spacial score (nSPS) is 11.7. The van der Waals surface area contributed by atoms with Crippen molar-refractivity contribution in [2.75, 3.05) is 0 Å². The molecule has 3 N–H and O–H groups in total. The Hall–Kier alpha value is -2.37. The number of nitrogens with one attached hydrogen (secondary N) is 1. The minimum Gasteiger partial charge on any atom is -0.508 e. The lowest BCUT2D eigenvalue weighted by molar-refractivity contribution is -0.142. The van der Waals surface area contributed by atoms with Gasteiger partial charge in [-0.25, -0.2) is 4.79 Å². The third-order valence-corrected chi connectivity index (χ3v) is 3.93. The van der Waals surface area contributed by atoms with E-state index in [1.807, 2.05) is 0 Å². The monoisotopic (exact) mass is 349 g/mol. The van der Waals surface area contributed by atoms with Crippen molar-refractivity contribution < 1.29 is 24.6 Å². The number of carboxylic acids is 1. The van der Waals surface area contributed by atoms with Crippen molar-refractivity contribution in [3.05, 3.63) is 29.8 Å². The predicted molar refractivity (Wildman–Crippen MR) is 94.4 cm³/mol. The van der Waals surface area contributed by atoms with Gasteiger partial charge in [0.05, 0.1) is 6.42 Å². The molecule has 0 spiro atoms. The third kappa shape index (κ3) is 8.88. The standard InChI is InChI=1S/C19H27NO5/c1-2-3-4-5-6-7-16(22)13-18(23)20-17(19(24)25)12-14-8-10-15(21)11-9-14/h8-11,17,21H,2-7,12-13H2,1H3,(H,20,23)(H,24,25)/t17-/m0/s1. The number of amides is 1. The van der Waals surface area contributed by atoms with E-state index in [1.54, 1.807) is 12.1 Å². The van der Waals surface area contributed by atoms with Crippen molar-refractivity contribution in [1.29, 1.82) is 0 Å². The number of unbranched alkanes of at least 4 members (excludes halogenated alkanes) is 4. The first-order chi connectivity index (χ1) is 11.9. The van der Waals surface area contributed by atoms with Crippen molar-refractivity contribution in [1.82, 2.24) is 5.32 Å². The van der Waals surface area contributed by atoms with Gasteiger partial charge in [-0.3, -0.25) is 9.59 Å². The second kappa shape index (κ2) is 11.2. The first kappa shape index (κ1) is 20.7. The van der Waals surface area contributed by atoms with Crippen molar-refractivity contribution >= 4 is 17.7 Å². The van der Waals surface area contributed by atoms with E-state index < -0.39 is 17.9 Å². The van der Waals surface area contributed by atoms with Crippen LogP contribution in [0.2, 0.25) is 0 Å². The van der Waals surface area contributed by atoms with Crippen molar-refractivity contribution in [3.63, 3.8) is 0 Å². The molecule has 0 radical (unpaired) electrons. The Morgan fingerprint density at radius 3 is 2.28 bits per heavy atom. The van der Waals surface area contributed by atoms with E-state index in [0.717, 1.165) is 32.1 Å². The molecule has 0 aliphatic rings. The number of phenolic OH excluding ortho intramolecular Hbond substituents is 1. The molecule has 0 aliphatic carbocycles. The molecular formula is C19H27NO5. The Bertz CT molecular complexity index is 568. The summed E-state index contributed by atoms with van der Waals surface area (Å²) >= 11 is 0. The highest BCUT2D eigenvalue weighted by Gasteiger charge is 2.21. The lowest BCUT2D eigenvalue weighted by atomic mass is 10.0. The summed E-state index contributed by atoms with van der Waals surface area (Å²) in [4.78, 5) is 35.0. The smallest absolute Gasteiger partial charge is 0.326 e. The van der Waals surface area contributed by atoms with E-state index in [1.165, 1.54) is 12.1 Å². The van der Waals surface area contributed by atoms with Gasteiger partial charge in [0.1, 0.15) is 17.6 Å². The molecule has 1 aromatic carbocycles. The topological polar surface area (TPSA) is 104 Å². The Morgan fingerprint density at radius 2 is 1.68 bits per heavy atom. The Kier molecular flexibility index (Phi) is 9.29. The number of aliphatic carboxylic acids is 1. The van der Waals surface area contributed by atoms with Crippen LogP contribution in [-0.2, 0) is 20.8 Å². The molecule has 0 aromatic heterocycles. The van der Waals surface area contributed by atoms with Crippen LogP contribution in [0.15, 0.2) is 24.3 Å². The van der Waals surface area contributed by atoms with Crippen molar-refractivity contribution in [2.24, 2.45) is 0 Å². The van der Waals surface area contributed by atoms with Crippen LogP contribution in [0.4, 0.5) is 0 Å². The fourth-order valence-corrected chi connectivity index (χ4v) is 2.51. The molecular weight excluding hydrogens is 322 g/mol. The number of carbonyl (C=O) groups excluding carboxylic acids is 2. The molecule has 1 atom stereocenters. The molecule has 0 aliphatic heterocycles. The van der Waals surface area contributed by atoms with Crippen LogP contribution >= 0.6 is 0 Å². The van der Waals surface area contributed by atoms with E-state index in [4.69, 9.17) is 0 Å². The van der Waals surface area contributed by atoms with Crippen LogP contribution < -0.4 is 5.32 Å². The van der Waals surface area contributed by atoms with Crippen LogP contribution in [0.3, 0.4) is 0 Å². The third-order valence-electron chi connectivity index (χ3n) is 3.93. The number of rotatable bonds is 12. The second-order valence-electron chi connectivity index (χ2n) is 6.21. The number of hydrogen-bond acceptors (Lipinski definition) is 4. The molecule has 0 saturated carbocycles. The van der Waals surface area contributed by atoms with Crippen molar-refractivity contribution in [2.45, 2.75) is 64.3 Å². The van der Waals surface area contributed by atoms with Gasteiger partial charge in [-0.1, -0.05) is 44.7 Å². The van der Waals surface area contributed by atoms with Gasteiger partial charge in [0.15, 0.2) is 0 Å². The number of carbonyl (C=O) groups is 3. The molecule has 0 heterocycles. The van der Waals surface area contributed by atoms with E-state index in [9.17, 15) is 24.6 Å². The maximum absolute atomic E-state index is 11.9. The fourth-order valence-electron chi connectivity index (χ4n) is 2.51. The number of benzene rings is 1. The predicted octanol–water partition coefficient (Wildman–Crippen LogP) is 2.82. The summed E-state index contributed by atoms with van der Waals surface area (Å²) in [6.07, 6.45) is 5.26. The number of Topliss-reactive ketones (excluding diaryl/α,β-unsaturated/α-hetero) is 1. The lowest BCUT2D eigenvalue weighted by Gasteiger charge is -2.14. The maximum Gasteiger partial charge on any atom is 0.326 e. The van der Waals surface area contributed by atoms with Gasteiger partial charge >= 0.3 is 5.97 Å². The quantitative estimate of drug-likeness (QED) is 0.398. The summed E-state index contributed by atoms with van der Waals surface area (Å²) in [6, 6.07) is 5.00. The van der Waals surface area contributed by atoms with Crippen LogP contribution in [0.1, 0.15) is 57.4 Å². The van der Waals surface area contributed by atoms with Gasteiger partial charge in [-0.2, -0.15) is 0 Å². The zero-order chi connectivity index (χ0) is 18.7.